The summed E-state index contributed by atoms with van der Waals surface area (Å²) >= 11 is 0. The number of phenolic OH excluding ortho intramolecular Hbond substituents is 1. The number of H-pyrrole nitrogens is 1. The van der Waals surface area contributed by atoms with Crippen LogP contribution in [-0.4, -0.2) is 27.2 Å². The summed E-state index contributed by atoms with van der Waals surface area (Å²) in [4.78, 5) is 11.9. The minimum Gasteiger partial charge on any atom is -0.508 e. The smallest absolute Gasteiger partial charge is 0.223 e. The van der Waals surface area contributed by atoms with Crippen molar-refractivity contribution in [2.45, 2.75) is 13.5 Å². The number of fused-ring (bicyclic) bond motifs is 3. The highest BCUT2D eigenvalue weighted by molar-refractivity contribution is 6.12. The number of anilines is 2. The molecular formula is C19H19N5O2. The number of nitrogens with one attached hydrogen (secondary N) is 2. The number of aromatic hydroxyl groups is 1. The Morgan fingerprint density at radius 3 is 2.69 bits per heavy atom. The van der Waals surface area contributed by atoms with E-state index in [1.54, 1.807) is 13.2 Å². The third-order valence-electron chi connectivity index (χ3n) is 4.40. The molecule has 0 amide bonds. The van der Waals surface area contributed by atoms with E-state index in [1.807, 2.05) is 37.3 Å². The zero-order valence-corrected chi connectivity index (χ0v) is 14.5. The number of aromatic amines is 1. The van der Waals surface area contributed by atoms with Gasteiger partial charge in [0.2, 0.25) is 5.95 Å². The lowest BCUT2D eigenvalue weighted by Crippen LogP contribution is -2.05. The zero-order chi connectivity index (χ0) is 18.3. The summed E-state index contributed by atoms with van der Waals surface area (Å²) < 4.78 is 5.18. The Morgan fingerprint density at radius 2 is 1.96 bits per heavy atom. The summed E-state index contributed by atoms with van der Waals surface area (Å²) in [7, 11) is 1.64. The summed E-state index contributed by atoms with van der Waals surface area (Å²) in [6, 6.07) is 11.4. The molecule has 7 heteroatoms. The van der Waals surface area contributed by atoms with Crippen LogP contribution in [0, 0.1) is 6.92 Å². The first-order valence-electron chi connectivity index (χ1n) is 8.20. The largest absolute Gasteiger partial charge is 0.508 e. The molecule has 0 aliphatic carbocycles. The molecule has 0 fully saturated rings. The van der Waals surface area contributed by atoms with Crippen molar-refractivity contribution in [3.63, 3.8) is 0 Å². The van der Waals surface area contributed by atoms with Gasteiger partial charge in [0, 0.05) is 17.4 Å². The number of hydrogen-bond donors (Lipinski definition) is 4. The normalized spacial score (nSPS) is 11.2. The molecule has 0 radical (unpaired) electrons. The van der Waals surface area contributed by atoms with Crippen LogP contribution in [0.25, 0.3) is 21.9 Å². The molecule has 0 saturated heterocycles. The third kappa shape index (κ3) is 2.73. The average molecular weight is 349 g/mol. The van der Waals surface area contributed by atoms with E-state index < -0.39 is 0 Å². The number of aryl methyl sites for hydroxylation is 1. The number of nitrogens with two attached hydrogens (primary N) is 1. The van der Waals surface area contributed by atoms with Crippen molar-refractivity contribution >= 4 is 33.7 Å². The van der Waals surface area contributed by atoms with E-state index in [4.69, 9.17) is 10.5 Å². The van der Waals surface area contributed by atoms with Crippen molar-refractivity contribution in [1.29, 1.82) is 0 Å². The van der Waals surface area contributed by atoms with E-state index in [-0.39, 0.29) is 11.7 Å². The second-order valence-corrected chi connectivity index (χ2v) is 6.16. The van der Waals surface area contributed by atoms with Gasteiger partial charge in [0.1, 0.15) is 23.0 Å². The van der Waals surface area contributed by atoms with Crippen LogP contribution >= 0.6 is 0 Å². The van der Waals surface area contributed by atoms with Crippen molar-refractivity contribution in [3.8, 4) is 11.5 Å². The molecule has 0 aliphatic rings. The van der Waals surface area contributed by atoms with Crippen molar-refractivity contribution in [3.05, 3.63) is 47.5 Å². The maximum Gasteiger partial charge on any atom is 0.223 e. The lowest BCUT2D eigenvalue weighted by Gasteiger charge is -2.09. The topological polar surface area (TPSA) is 109 Å². The minimum atomic E-state index is 0.183. The summed E-state index contributed by atoms with van der Waals surface area (Å²) in [6.07, 6.45) is 0. The van der Waals surface area contributed by atoms with Gasteiger partial charge in [0.15, 0.2) is 0 Å². The van der Waals surface area contributed by atoms with Gasteiger partial charge in [-0.2, -0.15) is 9.97 Å². The van der Waals surface area contributed by atoms with Crippen LogP contribution in [0.3, 0.4) is 0 Å². The highest BCUT2D eigenvalue weighted by Crippen LogP contribution is 2.34. The molecule has 0 saturated carbocycles. The molecule has 0 spiro atoms. The van der Waals surface area contributed by atoms with Gasteiger partial charge >= 0.3 is 0 Å². The molecule has 7 nitrogen and oxygen atoms in total. The molecule has 2 heterocycles. The SMILES string of the molecule is COc1ccc(CNc2nc(N)nc3[nH]c4cc(C)c(O)cc4c23)cc1. The molecule has 0 unspecified atom stereocenters. The standard InChI is InChI=1S/C19H19N5O2/c1-10-7-14-13(8-15(10)25)16-17(23-19(20)24-18(16)22-14)21-9-11-3-5-12(26-2)6-4-11/h3-8,25H,9H2,1-2H3,(H4,20,21,22,23,24). The number of hydrogen-bond acceptors (Lipinski definition) is 6. The lowest BCUT2D eigenvalue weighted by atomic mass is 10.1. The second kappa shape index (κ2) is 6.11. The Balaban J connectivity index is 1.76. The molecule has 4 rings (SSSR count). The van der Waals surface area contributed by atoms with Gasteiger partial charge < -0.3 is 25.9 Å². The molecule has 0 atom stereocenters. The third-order valence-corrected chi connectivity index (χ3v) is 4.40. The number of aromatic nitrogens is 3. The summed E-state index contributed by atoms with van der Waals surface area (Å²) in [5.41, 5.74) is 9.24. The second-order valence-electron chi connectivity index (χ2n) is 6.16. The summed E-state index contributed by atoms with van der Waals surface area (Å²) in [5.74, 6) is 1.85. The average Bonchev–Trinajstić information content (AvgIpc) is 2.97. The van der Waals surface area contributed by atoms with Crippen LogP contribution in [0.4, 0.5) is 11.8 Å². The van der Waals surface area contributed by atoms with E-state index in [0.29, 0.717) is 18.0 Å². The highest BCUT2D eigenvalue weighted by atomic mass is 16.5. The molecule has 26 heavy (non-hydrogen) atoms. The van der Waals surface area contributed by atoms with E-state index >= 15 is 0 Å². The molecule has 2 aromatic heterocycles. The molecule has 0 bridgehead atoms. The molecule has 2 aromatic carbocycles. The first-order valence-corrected chi connectivity index (χ1v) is 8.20. The van der Waals surface area contributed by atoms with E-state index in [1.165, 1.54) is 0 Å². The first kappa shape index (κ1) is 16.0. The van der Waals surface area contributed by atoms with E-state index in [9.17, 15) is 5.11 Å². The number of ether oxygens (including phenoxy) is 1. The predicted octanol–water partition coefficient (Wildman–Crippen LogP) is 3.33. The maximum atomic E-state index is 10.1. The Hall–Kier alpha value is -3.48. The predicted molar refractivity (Wildman–Crippen MR) is 103 cm³/mol. The summed E-state index contributed by atoms with van der Waals surface area (Å²) in [5, 5.41) is 15.1. The van der Waals surface area contributed by atoms with Gasteiger partial charge in [0.05, 0.1) is 12.5 Å². The van der Waals surface area contributed by atoms with Gasteiger partial charge in [-0.05, 0) is 42.3 Å². The number of rotatable bonds is 4. The Bertz CT molecular complexity index is 1100. The monoisotopic (exact) mass is 349 g/mol. The van der Waals surface area contributed by atoms with Crippen molar-refractivity contribution in [2.75, 3.05) is 18.2 Å². The first-order chi connectivity index (χ1) is 12.5. The van der Waals surface area contributed by atoms with Crippen molar-refractivity contribution in [1.82, 2.24) is 15.0 Å². The molecule has 0 aliphatic heterocycles. The number of nitrogens with zero attached hydrogens (tertiary/aromatic N) is 2. The molecular weight excluding hydrogens is 330 g/mol. The number of nitrogen functional groups attached to an aromatic ring is 1. The minimum absolute atomic E-state index is 0.183. The number of phenols is 1. The number of methoxy groups -OCH3 is 1. The maximum absolute atomic E-state index is 10.1. The quantitative estimate of drug-likeness (QED) is 0.450. The summed E-state index contributed by atoms with van der Waals surface area (Å²) in [6.45, 7) is 2.42. The van der Waals surface area contributed by atoms with Crippen molar-refractivity contribution < 1.29 is 9.84 Å². The van der Waals surface area contributed by atoms with Gasteiger partial charge in [-0.15, -0.1) is 0 Å². The molecule has 4 aromatic rings. The van der Waals surface area contributed by atoms with Gasteiger partial charge in [-0.3, -0.25) is 0 Å². The van der Waals surface area contributed by atoms with Crippen LogP contribution in [0.1, 0.15) is 11.1 Å². The Morgan fingerprint density at radius 1 is 1.19 bits per heavy atom. The number of benzene rings is 2. The van der Waals surface area contributed by atoms with Crippen LogP contribution < -0.4 is 15.8 Å². The zero-order valence-electron chi connectivity index (χ0n) is 14.5. The van der Waals surface area contributed by atoms with Gasteiger partial charge in [-0.1, -0.05) is 12.1 Å². The van der Waals surface area contributed by atoms with E-state index in [2.05, 4.69) is 20.3 Å². The molecule has 5 N–H and O–H groups in total. The van der Waals surface area contributed by atoms with Crippen LogP contribution in [-0.2, 0) is 6.54 Å². The fourth-order valence-electron chi connectivity index (χ4n) is 3.02. The van der Waals surface area contributed by atoms with Crippen LogP contribution in [0.15, 0.2) is 36.4 Å². The fourth-order valence-corrected chi connectivity index (χ4v) is 3.02. The van der Waals surface area contributed by atoms with Crippen molar-refractivity contribution in [2.24, 2.45) is 0 Å². The van der Waals surface area contributed by atoms with Crippen LogP contribution in [0.5, 0.6) is 11.5 Å². The van der Waals surface area contributed by atoms with Gasteiger partial charge in [0.25, 0.3) is 0 Å². The van der Waals surface area contributed by atoms with E-state index in [0.717, 1.165) is 33.2 Å². The highest BCUT2D eigenvalue weighted by Gasteiger charge is 2.14. The molecule has 132 valence electrons. The Kier molecular flexibility index (Phi) is 3.76. The van der Waals surface area contributed by atoms with Gasteiger partial charge in [-0.25, -0.2) is 0 Å². The Labute approximate surface area is 149 Å². The fraction of sp³-hybridized carbons (Fsp3) is 0.158. The van der Waals surface area contributed by atoms with Crippen LogP contribution in [0.2, 0.25) is 0 Å². The lowest BCUT2D eigenvalue weighted by molar-refractivity contribution is 0.414.